The molecule has 6 heterocycles. The van der Waals surface area contributed by atoms with Gasteiger partial charge in [-0.25, -0.2) is 27.5 Å². The van der Waals surface area contributed by atoms with Crippen LogP contribution in [-0.4, -0.2) is 74.9 Å². The summed E-state index contributed by atoms with van der Waals surface area (Å²) in [4.78, 5) is 17.8. The first kappa shape index (κ1) is 25.7. The Hall–Kier alpha value is -4.01. The van der Waals surface area contributed by atoms with Gasteiger partial charge in [-0.15, -0.1) is 0 Å². The summed E-state index contributed by atoms with van der Waals surface area (Å²) < 4.78 is 60.1. The van der Waals surface area contributed by atoms with Crippen molar-refractivity contribution in [2.45, 2.75) is 49.5 Å². The fourth-order valence-electron chi connectivity index (χ4n) is 7.36. The Morgan fingerprint density at radius 3 is 2.79 bits per heavy atom. The molecule has 4 aliphatic heterocycles. The molecule has 0 aliphatic carbocycles. The van der Waals surface area contributed by atoms with Gasteiger partial charge >= 0.3 is 0 Å². The molecule has 7 nitrogen and oxygen atoms in total. The SMILES string of the molecule is Oc1cc(-c2ncc3c(N4C[C@@H]5C[C@H]4CN5)nc(C#C[C@@]45CCCN4C[C@H](F)C5)nc3c2F)c2c(F)c(F)ccc2c1. The van der Waals surface area contributed by atoms with Crippen molar-refractivity contribution in [2.75, 3.05) is 31.1 Å². The maximum absolute atomic E-state index is 16.5. The predicted octanol–water partition coefficient (Wildman–Crippen LogP) is 4.45. The Balaban J connectivity index is 1.33. The van der Waals surface area contributed by atoms with Gasteiger partial charge in [-0.05, 0) is 55.3 Å². The van der Waals surface area contributed by atoms with Crippen molar-refractivity contribution in [3.8, 4) is 28.8 Å². The van der Waals surface area contributed by atoms with Gasteiger partial charge in [-0.1, -0.05) is 12.0 Å². The van der Waals surface area contributed by atoms with Gasteiger partial charge in [0.1, 0.15) is 28.9 Å². The molecule has 0 radical (unpaired) electrons. The number of phenolic OH excluding ortho intramolecular Hbond substituents is 1. The van der Waals surface area contributed by atoms with Crippen molar-refractivity contribution >= 4 is 27.5 Å². The number of aromatic hydroxyl groups is 1. The number of alkyl halides is 1. The van der Waals surface area contributed by atoms with Crippen LogP contribution in [0.4, 0.5) is 23.4 Å². The number of aromatic nitrogens is 3. The number of benzene rings is 2. The highest BCUT2D eigenvalue weighted by Crippen LogP contribution is 2.41. The predicted molar refractivity (Wildman–Crippen MR) is 149 cm³/mol. The number of rotatable bonds is 2. The molecule has 214 valence electrons. The van der Waals surface area contributed by atoms with Crippen LogP contribution in [0.3, 0.4) is 0 Å². The average molecular weight is 575 g/mol. The Morgan fingerprint density at radius 2 is 1.98 bits per heavy atom. The van der Waals surface area contributed by atoms with Gasteiger partial charge in [0.2, 0.25) is 5.82 Å². The van der Waals surface area contributed by atoms with Crippen molar-refractivity contribution < 1.29 is 22.7 Å². The van der Waals surface area contributed by atoms with E-state index in [0.717, 1.165) is 44.5 Å². The third-order valence-corrected chi connectivity index (χ3v) is 9.25. The molecule has 2 aromatic heterocycles. The van der Waals surface area contributed by atoms with Crippen molar-refractivity contribution in [3.05, 3.63) is 53.7 Å². The summed E-state index contributed by atoms with van der Waals surface area (Å²) in [5, 5.41) is 14.2. The molecule has 0 spiro atoms. The van der Waals surface area contributed by atoms with E-state index in [9.17, 15) is 13.9 Å². The Morgan fingerprint density at radius 1 is 1.10 bits per heavy atom. The minimum absolute atomic E-state index is 0.0612. The first-order valence-electron chi connectivity index (χ1n) is 14.2. The summed E-state index contributed by atoms with van der Waals surface area (Å²) in [5.41, 5.74) is -1.02. The summed E-state index contributed by atoms with van der Waals surface area (Å²) >= 11 is 0. The number of hydrogen-bond donors (Lipinski definition) is 2. The maximum Gasteiger partial charge on any atom is 0.207 e. The van der Waals surface area contributed by atoms with Gasteiger partial charge in [-0.2, -0.15) is 0 Å². The van der Waals surface area contributed by atoms with E-state index in [1.165, 1.54) is 18.3 Å². The van der Waals surface area contributed by atoms with E-state index < -0.39 is 29.2 Å². The zero-order chi connectivity index (χ0) is 28.7. The summed E-state index contributed by atoms with van der Waals surface area (Å²) in [6.07, 6.45) is 3.40. The highest BCUT2D eigenvalue weighted by molar-refractivity contribution is 6.00. The fraction of sp³-hybridized carbons (Fsp3) is 0.387. The van der Waals surface area contributed by atoms with E-state index in [1.807, 2.05) is 0 Å². The minimum Gasteiger partial charge on any atom is -0.508 e. The standard InChI is InChI=1S/C31H26F4N6O/c32-17-11-31(5-1-7-40(31)14-17)6-4-24-38-29-22(30(39-24)41-15-18-9-19(41)12-36-18)13-37-28(27(29)35)21-10-20(42)8-16-2-3-23(33)26(34)25(16)21/h2-3,8,10,13,17-19,36,42H,1,5,7,9,11-12,14-15H2/t17-,18+,19+,31-/m1/s1. The molecule has 4 aromatic rings. The Kier molecular flexibility index (Phi) is 5.65. The summed E-state index contributed by atoms with van der Waals surface area (Å²) in [6.45, 7) is 2.57. The molecule has 2 bridgehead atoms. The molecule has 4 saturated heterocycles. The maximum atomic E-state index is 16.5. The number of halogens is 4. The third kappa shape index (κ3) is 3.85. The van der Waals surface area contributed by atoms with Crippen molar-refractivity contribution in [1.29, 1.82) is 0 Å². The zero-order valence-corrected chi connectivity index (χ0v) is 22.5. The second-order valence-corrected chi connectivity index (χ2v) is 11.8. The van der Waals surface area contributed by atoms with Gasteiger partial charge < -0.3 is 15.3 Å². The molecule has 0 saturated carbocycles. The van der Waals surface area contributed by atoms with Crippen LogP contribution in [0, 0.1) is 29.3 Å². The van der Waals surface area contributed by atoms with Crippen LogP contribution in [0.15, 0.2) is 30.5 Å². The van der Waals surface area contributed by atoms with E-state index >= 15 is 8.78 Å². The molecule has 2 aromatic carbocycles. The number of piperazine rings is 1. The van der Waals surface area contributed by atoms with Crippen LogP contribution >= 0.6 is 0 Å². The number of nitrogens with zero attached hydrogens (tertiary/aromatic N) is 5. The van der Waals surface area contributed by atoms with Crippen LogP contribution in [0.2, 0.25) is 0 Å². The molecule has 42 heavy (non-hydrogen) atoms. The Labute approximate surface area is 238 Å². The van der Waals surface area contributed by atoms with E-state index in [2.05, 4.69) is 36.9 Å². The van der Waals surface area contributed by atoms with Crippen LogP contribution in [0.5, 0.6) is 5.75 Å². The van der Waals surface area contributed by atoms with E-state index in [4.69, 9.17) is 4.98 Å². The zero-order valence-electron chi connectivity index (χ0n) is 22.5. The molecule has 4 fully saturated rings. The summed E-state index contributed by atoms with van der Waals surface area (Å²) in [7, 11) is 0. The molecule has 0 unspecified atom stereocenters. The molecule has 2 N–H and O–H groups in total. The van der Waals surface area contributed by atoms with E-state index in [1.54, 1.807) is 0 Å². The molecule has 8 rings (SSSR count). The molecular weight excluding hydrogens is 548 g/mol. The van der Waals surface area contributed by atoms with Crippen molar-refractivity contribution in [3.63, 3.8) is 0 Å². The number of pyridine rings is 1. The van der Waals surface area contributed by atoms with Crippen LogP contribution in [-0.2, 0) is 0 Å². The van der Waals surface area contributed by atoms with Crippen molar-refractivity contribution in [2.24, 2.45) is 0 Å². The van der Waals surface area contributed by atoms with Gasteiger partial charge in [0.15, 0.2) is 17.5 Å². The quantitative estimate of drug-likeness (QED) is 0.271. The lowest BCUT2D eigenvalue weighted by Crippen LogP contribution is -2.44. The van der Waals surface area contributed by atoms with Crippen molar-refractivity contribution in [1.82, 2.24) is 25.2 Å². The second kappa shape index (κ2) is 9.24. The highest BCUT2D eigenvalue weighted by atomic mass is 19.2. The van der Waals surface area contributed by atoms with Crippen LogP contribution in [0.1, 0.15) is 31.5 Å². The van der Waals surface area contributed by atoms with Gasteiger partial charge in [0, 0.05) is 55.3 Å². The van der Waals surface area contributed by atoms with Gasteiger partial charge in [-0.3, -0.25) is 9.88 Å². The molecule has 4 atom stereocenters. The number of fused-ring (bicyclic) bond motifs is 5. The topological polar surface area (TPSA) is 77.4 Å². The van der Waals surface area contributed by atoms with Crippen LogP contribution in [0.25, 0.3) is 32.9 Å². The smallest absolute Gasteiger partial charge is 0.207 e. The lowest BCUT2D eigenvalue weighted by Gasteiger charge is -2.29. The molecule has 11 heteroatoms. The van der Waals surface area contributed by atoms with Gasteiger partial charge in [0.25, 0.3) is 0 Å². The van der Waals surface area contributed by atoms with E-state index in [0.29, 0.717) is 30.7 Å². The first-order chi connectivity index (χ1) is 20.3. The number of hydrogen-bond acceptors (Lipinski definition) is 7. The largest absolute Gasteiger partial charge is 0.508 e. The normalized spacial score (nSPS) is 26.8. The molecule has 4 aliphatic rings. The Bertz CT molecular complexity index is 1860. The molecular formula is C31H26F4N6O. The lowest BCUT2D eigenvalue weighted by atomic mass is 9.94. The summed E-state index contributed by atoms with van der Waals surface area (Å²) in [6, 6.07) is 5.16. The minimum atomic E-state index is -1.16. The molecule has 0 amide bonds. The number of phenols is 1. The van der Waals surface area contributed by atoms with Gasteiger partial charge in [0.05, 0.1) is 10.9 Å². The first-order valence-corrected chi connectivity index (χ1v) is 14.2. The number of anilines is 1. The average Bonchev–Trinajstić information content (AvgIpc) is 3.75. The fourth-order valence-corrected chi connectivity index (χ4v) is 7.36. The monoisotopic (exact) mass is 574 g/mol. The second-order valence-electron chi connectivity index (χ2n) is 11.8. The van der Waals surface area contributed by atoms with E-state index in [-0.39, 0.29) is 51.2 Å². The van der Waals surface area contributed by atoms with Crippen LogP contribution < -0.4 is 10.2 Å². The highest BCUT2D eigenvalue weighted by Gasteiger charge is 2.48. The summed E-state index contributed by atoms with van der Waals surface area (Å²) in [5.74, 6) is 3.54. The third-order valence-electron chi connectivity index (χ3n) is 9.25. The lowest BCUT2D eigenvalue weighted by molar-refractivity contribution is 0.255. The number of nitrogens with one attached hydrogen (secondary N) is 1.